The smallest absolute Gasteiger partial charge is 0.393 e. The number of esters is 1. The lowest BCUT2D eigenvalue weighted by molar-refractivity contribution is -0.445. The van der Waals surface area contributed by atoms with Crippen molar-refractivity contribution >= 4 is 39.8 Å². The quantitative estimate of drug-likeness (QED) is 0.164. The summed E-state index contributed by atoms with van der Waals surface area (Å²) >= 11 is 3.69. The van der Waals surface area contributed by atoms with E-state index in [9.17, 15) is 79.8 Å². The monoisotopic (exact) mass is 659 g/mol. The Hall–Kier alpha value is -2.19. The number of carbonyl (C=O) groups excluding carboxylic acids is 2. The molecule has 4 nitrogen and oxygen atoms in total. The summed E-state index contributed by atoms with van der Waals surface area (Å²) in [5.41, 5.74) is -0.724. The van der Waals surface area contributed by atoms with Gasteiger partial charge in [-0.25, -0.2) is 4.79 Å². The molecule has 22 heteroatoms. The van der Waals surface area contributed by atoms with Crippen LogP contribution in [0.15, 0.2) is 0 Å². The molecule has 230 valence electrons. The Morgan fingerprint density at radius 1 is 0.725 bits per heavy atom. The Bertz CT molecular complexity index is 1180. The largest absolute Gasteiger partial charge is 0.465 e. The van der Waals surface area contributed by atoms with Crippen molar-refractivity contribution in [2.45, 2.75) is 66.1 Å². The number of hydrogen-bond acceptors (Lipinski definition) is 4. The van der Waals surface area contributed by atoms with E-state index in [1.807, 2.05) is 0 Å². The van der Waals surface area contributed by atoms with Crippen LogP contribution in [0.5, 0.6) is 0 Å². The van der Waals surface area contributed by atoms with Gasteiger partial charge in [0.25, 0.3) is 0 Å². The predicted octanol–water partition coefficient (Wildman–Crippen LogP) is 7.24. The third-order valence-corrected chi connectivity index (χ3v) is 6.99. The van der Waals surface area contributed by atoms with Crippen LogP contribution in [0.1, 0.15) is 27.2 Å². The molecule has 0 aliphatic heterocycles. The van der Waals surface area contributed by atoms with E-state index >= 15 is 0 Å². The number of carbonyl (C=O) groups is 2. The first-order valence-corrected chi connectivity index (χ1v) is 11.0. The number of hydrogen-bond donors (Lipinski definition) is 1. The van der Waals surface area contributed by atoms with E-state index in [1.165, 1.54) is 0 Å². The van der Waals surface area contributed by atoms with Crippen LogP contribution in [-0.2, 0) is 22.4 Å². The minimum Gasteiger partial charge on any atom is -0.465 e. The fourth-order valence-electron chi connectivity index (χ4n) is 3.30. The molecule has 1 N–H and O–H groups in total. The summed E-state index contributed by atoms with van der Waals surface area (Å²) in [4.78, 5) is 23.9. The molecule has 1 aliphatic rings. The first-order valence-electron chi connectivity index (χ1n) is 9.85. The number of ether oxygens (including phenoxy) is 1. The Morgan fingerprint density at radius 3 is 1.57 bits per heavy atom. The van der Waals surface area contributed by atoms with Gasteiger partial charge in [0.2, 0.25) is 0 Å². The van der Waals surface area contributed by atoms with Crippen LogP contribution < -0.4 is 5.32 Å². The summed E-state index contributed by atoms with van der Waals surface area (Å²) in [6.07, 6.45) is 0.493. The molecule has 2 rings (SSSR count). The van der Waals surface area contributed by atoms with Crippen molar-refractivity contribution in [3.05, 3.63) is 16.0 Å². The lowest BCUT2D eigenvalue weighted by Crippen LogP contribution is -2.75. The van der Waals surface area contributed by atoms with E-state index in [4.69, 9.17) is 0 Å². The van der Waals surface area contributed by atoms with Gasteiger partial charge in [0.1, 0.15) is 5.00 Å². The molecular weight excluding hydrogens is 650 g/mol. The molecule has 1 aromatic rings. The summed E-state index contributed by atoms with van der Waals surface area (Å²) in [6, 6.07) is 0. The Morgan fingerprint density at radius 2 is 1.15 bits per heavy atom. The van der Waals surface area contributed by atoms with E-state index in [0.29, 0.717) is 6.42 Å². The molecule has 0 spiro atoms. The minimum atomic E-state index is -8.69. The highest BCUT2D eigenvalue weighted by atomic mass is 35.5. The van der Waals surface area contributed by atoms with Crippen molar-refractivity contribution in [2.75, 3.05) is 12.4 Å². The van der Waals surface area contributed by atoms with Crippen LogP contribution in [0.3, 0.4) is 0 Å². The molecule has 0 radical (unpaired) electrons. The predicted molar refractivity (Wildman–Crippen MR) is 102 cm³/mol. The normalized spacial score (nSPS) is 16.1. The number of anilines is 1. The van der Waals surface area contributed by atoms with E-state index < -0.39 is 69.3 Å². The number of halogens is 17. The zero-order valence-electron chi connectivity index (χ0n) is 18.7. The third-order valence-electron chi connectivity index (χ3n) is 5.55. The maximum Gasteiger partial charge on any atom is 0.393 e. The number of rotatable bonds is 10. The number of amides is 1. The Kier molecular flexibility index (Phi) is 8.24. The van der Waals surface area contributed by atoms with Crippen molar-refractivity contribution in [1.29, 1.82) is 0 Å². The molecular formula is C18H10ClF16NO3S. The molecule has 1 aliphatic carbocycles. The van der Waals surface area contributed by atoms with Gasteiger partial charge in [-0.3, -0.25) is 4.79 Å². The van der Waals surface area contributed by atoms with E-state index in [-0.39, 0.29) is 34.6 Å². The lowest BCUT2D eigenvalue weighted by atomic mass is 9.89. The molecule has 0 unspecified atom stereocenters. The molecule has 0 aromatic carbocycles. The highest BCUT2D eigenvalue weighted by molar-refractivity contribution is 7.17. The van der Waals surface area contributed by atoms with E-state index in [1.54, 1.807) is 0 Å². The van der Waals surface area contributed by atoms with E-state index in [0.717, 1.165) is 12.4 Å². The zero-order chi connectivity index (χ0) is 31.7. The molecule has 0 fully saturated rings. The highest BCUT2D eigenvalue weighted by Crippen LogP contribution is 2.64. The summed E-state index contributed by atoms with van der Waals surface area (Å²) in [7, 11) is 0.720. The summed E-state index contributed by atoms with van der Waals surface area (Å²) < 4.78 is 222. The van der Waals surface area contributed by atoms with Gasteiger partial charge in [0.15, 0.2) is 0 Å². The topological polar surface area (TPSA) is 55.4 Å². The SMILES string of the molecule is COC(=O)c1c(NC(=O)C(F)(F)C(F)(F)C(F)(F)C(F)(F)C(F)(F)C(F)(F)C(F)(F)C(F)(F)Cl)sc2c1CCC2. The molecule has 40 heavy (non-hydrogen) atoms. The van der Waals surface area contributed by atoms with Gasteiger partial charge >= 0.3 is 58.7 Å². The van der Waals surface area contributed by atoms with Crippen molar-refractivity contribution < 1.29 is 84.6 Å². The molecule has 1 amide bonds. The van der Waals surface area contributed by atoms with Crippen LogP contribution >= 0.6 is 22.9 Å². The Balaban J connectivity index is 2.56. The molecule has 0 saturated heterocycles. The number of nitrogens with one attached hydrogen (secondary N) is 1. The van der Waals surface area contributed by atoms with Gasteiger partial charge in [-0.15, -0.1) is 11.3 Å². The molecule has 0 bridgehead atoms. The second kappa shape index (κ2) is 9.69. The van der Waals surface area contributed by atoms with Crippen LogP contribution in [0, 0.1) is 0 Å². The number of alkyl halides is 17. The molecule has 1 heterocycles. The number of methoxy groups -OCH3 is 1. The van der Waals surface area contributed by atoms with Crippen LogP contribution in [0.2, 0.25) is 0 Å². The first-order chi connectivity index (χ1) is 17.6. The summed E-state index contributed by atoms with van der Waals surface area (Å²) in [5.74, 6) is -62.5. The summed E-state index contributed by atoms with van der Waals surface area (Å²) in [6.45, 7) is 0. The van der Waals surface area contributed by atoms with Gasteiger partial charge in [-0.1, -0.05) is 0 Å². The minimum absolute atomic E-state index is 0.0259. The average Bonchev–Trinajstić information content (AvgIpc) is 3.37. The first kappa shape index (κ1) is 34.0. The van der Waals surface area contributed by atoms with Gasteiger partial charge in [-0.2, -0.15) is 70.2 Å². The number of aryl methyl sites for hydroxylation is 1. The van der Waals surface area contributed by atoms with Crippen molar-refractivity contribution in [2.24, 2.45) is 0 Å². The number of fused-ring (bicyclic) bond motifs is 1. The van der Waals surface area contributed by atoms with Gasteiger partial charge in [0, 0.05) is 4.88 Å². The average molecular weight is 660 g/mol. The van der Waals surface area contributed by atoms with Crippen LogP contribution in [-0.4, -0.2) is 65.8 Å². The molecule has 0 saturated carbocycles. The van der Waals surface area contributed by atoms with Crippen molar-refractivity contribution in [1.82, 2.24) is 0 Å². The van der Waals surface area contributed by atoms with Crippen molar-refractivity contribution in [3.8, 4) is 0 Å². The second-order valence-electron chi connectivity index (χ2n) is 8.03. The fraction of sp³-hybridized carbons (Fsp3) is 0.667. The number of thiophene rings is 1. The Labute approximate surface area is 219 Å². The van der Waals surface area contributed by atoms with Gasteiger partial charge < -0.3 is 10.1 Å². The second-order valence-corrected chi connectivity index (χ2v) is 9.61. The highest BCUT2D eigenvalue weighted by Gasteiger charge is 2.95. The van der Waals surface area contributed by atoms with Gasteiger partial charge in [-0.05, 0) is 36.4 Å². The summed E-state index contributed by atoms with van der Waals surface area (Å²) in [5, 5.41) is -7.13. The molecule has 0 atom stereocenters. The van der Waals surface area contributed by atoms with Gasteiger partial charge in [0.05, 0.1) is 12.7 Å². The lowest BCUT2D eigenvalue weighted by Gasteiger charge is -2.42. The van der Waals surface area contributed by atoms with E-state index in [2.05, 4.69) is 16.3 Å². The van der Waals surface area contributed by atoms with Crippen molar-refractivity contribution in [3.63, 3.8) is 0 Å². The fourth-order valence-corrected chi connectivity index (χ4v) is 4.69. The standard InChI is InChI=1S/C18H10ClF16NO3S/c1-39-9(37)7-5-3-2-4-6(5)40-8(7)36-10(38)11(20,21)12(22,23)13(24,25)14(26,27)15(28,29)16(30,31)17(32,33)18(19,34)35/h2-4H2,1H3,(H,36,38). The zero-order valence-corrected chi connectivity index (χ0v) is 20.3. The third kappa shape index (κ3) is 4.44. The maximum absolute atomic E-state index is 14.2. The maximum atomic E-state index is 14.2. The van der Waals surface area contributed by atoms with Crippen LogP contribution in [0.25, 0.3) is 0 Å². The van der Waals surface area contributed by atoms with Crippen LogP contribution in [0.4, 0.5) is 75.2 Å². The molecule has 1 aromatic heterocycles.